The molecule has 0 aromatic carbocycles. The van der Waals surface area contributed by atoms with Crippen molar-refractivity contribution in [3.63, 3.8) is 0 Å². The summed E-state index contributed by atoms with van der Waals surface area (Å²) in [4.78, 5) is 18.1. The summed E-state index contributed by atoms with van der Waals surface area (Å²) in [5.41, 5.74) is 3.71. The Kier molecular flexibility index (Phi) is 5.89. The summed E-state index contributed by atoms with van der Waals surface area (Å²) in [5, 5.41) is 9.53. The Morgan fingerprint density at radius 2 is 2.14 bits per heavy atom. The van der Waals surface area contributed by atoms with Crippen molar-refractivity contribution in [2.45, 2.75) is 58.4 Å². The molecular weight excluding hydrogens is 408 g/mol. The molecule has 0 aliphatic carbocycles. The first-order chi connectivity index (χ1) is 13.9. The van der Waals surface area contributed by atoms with Gasteiger partial charge in [0.25, 0.3) is 11.1 Å². The molecule has 0 radical (unpaired) electrons. The molecule has 29 heavy (non-hydrogen) atoms. The molecule has 3 aromatic heterocycles. The minimum Gasteiger partial charge on any atom is -0.410 e. The predicted molar refractivity (Wildman–Crippen MR) is 113 cm³/mol. The highest BCUT2D eigenvalue weighted by Gasteiger charge is 2.22. The van der Waals surface area contributed by atoms with Crippen molar-refractivity contribution in [2.24, 2.45) is 0 Å². The van der Waals surface area contributed by atoms with Crippen LogP contribution in [0, 0.1) is 27.7 Å². The molecule has 0 unspecified atom stereocenters. The number of aromatic nitrogens is 4. The molecule has 1 fully saturated rings. The van der Waals surface area contributed by atoms with Crippen LogP contribution in [0.25, 0.3) is 10.8 Å². The van der Waals surface area contributed by atoms with Gasteiger partial charge in [-0.1, -0.05) is 11.8 Å². The highest BCUT2D eigenvalue weighted by atomic mass is 32.2. The summed E-state index contributed by atoms with van der Waals surface area (Å²) in [6.07, 6.45) is 2.43. The van der Waals surface area contributed by atoms with Crippen molar-refractivity contribution in [3.05, 3.63) is 33.7 Å². The lowest BCUT2D eigenvalue weighted by Gasteiger charge is -2.14. The highest BCUT2D eigenvalue weighted by Crippen LogP contribution is 2.31. The van der Waals surface area contributed by atoms with Crippen LogP contribution in [0.5, 0.6) is 0 Å². The lowest BCUT2D eigenvalue weighted by atomic mass is 10.2. The molecular formula is C20H24N4O3S2. The Labute approximate surface area is 177 Å². The zero-order chi connectivity index (χ0) is 20.5. The number of thioether (sulfide) groups is 1. The second-order valence-corrected chi connectivity index (χ2v) is 9.39. The summed E-state index contributed by atoms with van der Waals surface area (Å²) < 4.78 is 13.7. The fourth-order valence-electron chi connectivity index (χ4n) is 3.65. The Morgan fingerprint density at radius 1 is 1.31 bits per heavy atom. The Hall–Kier alpha value is -1.97. The summed E-state index contributed by atoms with van der Waals surface area (Å²) in [5.74, 6) is 0.774. The fraction of sp³-hybridized carbons (Fsp3) is 0.500. The van der Waals surface area contributed by atoms with E-state index in [-0.39, 0.29) is 17.6 Å². The molecule has 0 saturated carbocycles. The molecule has 1 aliphatic heterocycles. The van der Waals surface area contributed by atoms with Gasteiger partial charge in [-0.25, -0.2) is 4.98 Å². The van der Waals surface area contributed by atoms with Gasteiger partial charge in [0, 0.05) is 30.1 Å². The molecule has 1 atom stereocenters. The van der Waals surface area contributed by atoms with E-state index in [1.54, 1.807) is 0 Å². The monoisotopic (exact) mass is 432 g/mol. The smallest absolute Gasteiger partial charge is 0.277 e. The summed E-state index contributed by atoms with van der Waals surface area (Å²) >= 11 is 2.79. The van der Waals surface area contributed by atoms with E-state index in [4.69, 9.17) is 9.15 Å². The van der Waals surface area contributed by atoms with E-state index >= 15 is 0 Å². The molecule has 1 aliphatic rings. The first kappa shape index (κ1) is 20.3. The van der Waals surface area contributed by atoms with Gasteiger partial charge in [0.1, 0.15) is 4.88 Å². The first-order valence-corrected chi connectivity index (χ1v) is 11.4. The number of rotatable bonds is 7. The van der Waals surface area contributed by atoms with Gasteiger partial charge >= 0.3 is 0 Å². The van der Waals surface area contributed by atoms with Crippen molar-refractivity contribution in [2.75, 3.05) is 12.4 Å². The molecule has 1 saturated heterocycles. The van der Waals surface area contributed by atoms with E-state index in [9.17, 15) is 4.79 Å². The van der Waals surface area contributed by atoms with Crippen molar-refractivity contribution in [1.29, 1.82) is 0 Å². The van der Waals surface area contributed by atoms with Crippen LogP contribution in [0.1, 0.15) is 45.3 Å². The Bertz CT molecular complexity index is 1030. The fourth-order valence-corrected chi connectivity index (χ4v) is 5.14. The molecule has 154 valence electrons. The van der Waals surface area contributed by atoms with Crippen LogP contribution in [-0.2, 0) is 11.3 Å². The van der Waals surface area contributed by atoms with Crippen LogP contribution >= 0.6 is 23.1 Å². The van der Waals surface area contributed by atoms with Gasteiger partial charge in [-0.15, -0.1) is 21.5 Å². The van der Waals surface area contributed by atoms with Crippen LogP contribution in [0.2, 0.25) is 0 Å². The van der Waals surface area contributed by atoms with Crippen LogP contribution in [-0.4, -0.2) is 44.0 Å². The normalized spacial score (nSPS) is 16.6. The van der Waals surface area contributed by atoms with Crippen molar-refractivity contribution in [3.8, 4) is 10.8 Å². The predicted octanol–water partition coefficient (Wildman–Crippen LogP) is 4.38. The zero-order valence-electron chi connectivity index (χ0n) is 17.0. The number of hydrogen-bond acceptors (Lipinski definition) is 8. The van der Waals surface area contributed by atoms with Gasteiger partial charge in [0.05, 0.1) is 22.6 Å². The summed E-state index contributed by atoms with van der Waals surface area (Å²) in [7, 11) is 0. The third kappa shape index (κ3) is 4.31. The van der Waals surface area contributed by atoms with Gasteiger partial charge in [0.15, 0.2) is 5.78 Å². The third-order valence-corrected chi connectivity index (χ3v) is 6.99. The van der Waals surface area contributed by atoms with E-state index in [1.807, 2.05) is 33.8 Å². The van der Waals surface area contributed by atoms with Gasteiger partial charge < -0.3 is 13.7 Å². The number of carbonyl (C=O) groups is 1. The first-order valence-electron chi connectivity index (χ1n) is 9.64. The van der Waals surface area contributed by atoms with Gasteiger partial charge in [-0.3, -0.25) is 4.79 Å². The van der Waals surface area contributed by atoms with Gasteiger partial charge in [-0.05, 0) is 46.6 Å². The molecule has 0 amide bonds. The summed E-state index contributed by atoms with van der Waals surface area (Å²) in [6, 6.07) is 1.97. The molecule has 7 nitrogen and oxygen atoms in total. The number of nitrogens with zero attached hydrogens (tertiary/aromatic N) is 4. The topological polar surface area (TPSA) is 83.0 Å². The lowest BCUT2D eigenvalue weighted by Crippen LogP contribution is -2.17. The maximum atomic E-state index is 12.8. The minimum atomic E-state index is 0.0613. The van der Waals surface area contributed by atoms with E-state index in [0.717, 1.165) is 58.5 Å². The number of ether oxygens (including phenoxy) is 1. The second kappa shape index (κ2) is 8.41. The van der Waals surface area contributed by atoms with E-state index < -0.39 is 0 Å². The second-order valence-electron chi connectivity index (χ2n) is 7.26. The average molecular weight is 433 g/mol. The zero-order valence-corrected chi connectivity index (χ0v) is 18.7. The number of hydrogen-bond donors (Lipinski definition) is 0. The largest absolute Gasteiger partial charge is 0.410 e. The quantitative estimate of drug-likeness (QED) is 0.405. The third-order valence-electron chi connectivity index (χ3n) is 5.12. The molecule has 0 spiro atoms. The molecule has 4 rings (SSSR count). The van der Waals surface area contributed by atoms with E-state index in [2.05, 4.69) is 19.7 Å². The molecule has 9 heteroatoms. The van der Waals surface area contributed by atoms with Crippen LogP contribution in [0.4, 0.5) is 0 Å². The van der Waals surface area contributed by atoms with E-state index in [1.165, 1.54) is 23.1 Å². The van der Waals surface area contributed by atoms with Crippen molar-refractivity contribution < 1.29 is 13.9 Å². The number of carbonyl (C=O) groups excluding carboxylic acids is 1. The molecule has 0 bridgehead atoms. The molecule has 0 N–H and O–H groups in total. The number of aryl methyl sites for hydroxylation is 3. The number of thiazole rings is 1. The Balaban J connectivity index is 1.42. The van der Waals surface area contributed by atoms with E-state index in [0.29, 0.717) is 11.1 Å². The maximum Gasteiger partial charge on any atom is 0.277 e. The van der Waals surface area contributed by atoms with Crippen LogP contribution in [0.3, 0.4) is 0 Å². The van der Waals surface area contributed by atoms with Gasteiger partial charge in [-0.2, -0.15) is 0 Å². The minimum absolute atomic E-state index is 0.0613. The molecule has 3 aromatic rings. The standard InChI is InChI=1S/C20H24N4O3S2/c1-11-8-16(13(3)24(11)9-15-6-5-7-26-15)17(25)10-28-20-23-22-19(27-20)18-12(2)21-14(4)29-18/h8,15H,5-7,9-10H2,1-4H3/t15-/m1/s1. The number of Topliss-reactive ketones (excluding diaryl/α,β-unsaturated/α-hetero) is 1. The van der Waals surface area contributed by atoms with Crippen molar-refractivity contribution in [1.82, 2.24) is 19.7 Å². The SMILES string of the molecule is Cc1nc(C)c(-c2nnc(SCC(=O)c3cc(C)n(C[C@H]4CCCO4)c3C)o2)s1. The van der Waals surface area contributed by atoms with Gasteiger partial charge in [0.2, 0.25) is 0 Å². The molecule has 4 heterocycles. The van der Waals surface area contributed by atoms with Crippen LogP contribution < -0.4 is 0 Å². The Morgan fingerprint density at radius 3 is 2.83 bits per heavy atom. The lowest BCUT2D eigenvalue weighted by molar-refractivity contribution is 0.0957. The highest BCUT2D eigenvalue weighted by molar-refractivity contribution is 7.99. The maximum absolute atomic E-state index is 12.8. The van der Waals surface area contributed by atoms with Crippen LogP contribution in [0.15, 0.2) is 15.7 Å². The number of ketones is 1. The average Bonchev–Trinajstić information content (AvgIpc) is 3.45. The summed E-state index contributed by atoms with van der Waals surface area (Å²) in [6.45, 7) is 9.54. The van der Waals surface area contributed by atoms with Crippen molar-refractivity contribution >= 4 is 28.9 Å².